The smallest absolute Gasteiger partial charge is 0.219 e. The van der Waals surface area contributed by atoms with Gasteiger partial charge in [-0.1, -0.05) is 11.6 Å². The number of amides is 1. The van der Waals surface area contributed by atoms with Gasteiger partial charge in [0, 0.05) is 31.5 Å². The summed E-state index contributed by atoms with van der Waals surface area (Å²) in [5.41, 5.74) is 2.68. The summed E-state index contributed by atoms with van der Waals surface area (Å²) in [4.78, 5) is 17.3. The van der Waals surface area contributed by atoms with E-state index in [4.69, 9.17) is 0 Å². The number of aromatic hydroxyl groups is 2. The highest BCUT2D eigenvalue weighted by atomic mass is 16.3. The second-order valence-electron chi connectivity index (χ2n) is 7.37. The van der Waals surface area contributed by atoms with Crippen molar-refractivity contribution in [3.63, 3.8) is 0 Å². The summed E-state index contributed by atoms with van der Waals surface area (Å²) < 4.78 is 0. The van der Waals surface area contributed by atoms with E-state index in [1.54, 1.807) is 24.0 Å². The number of benzene rings is 1. The fraction of sp³-hybridized carbons (Fsp3) is 0.500. The molecular weight excluding hydrogens is 316 g/mol. The lowest BCUT2D eigenvalue weighted by Gasteiger charge is -2.39. The normalized spacial score (nSPS) is 23.8. The van der Waals surface area contributed by atoms with Crippen LogP contribution in [0.25, 0.3) is 0 Å². The molecule has 1 aliphatic heterocycles. The molecule has 2 atom stereocenters. The SMILES string of the molecule is C=N[C@@H]1CCC(C)=C[C@H]1c1c(O)cc(CC2CN(C(C)=O)C2)cc1O. The van der Waals surface area contributed by atoms with Crippen LogP contribution in [0, 0.1) is 5.92 Å². The number of phenolic OH excluding ortho intramolecular Hbond substituents is 2. The minimum absolute atomic E-state index is 0.0258. The summed E-state index contributed by atoms with van der Waals surface area (Å²) in [5, 5.41) is 21.1. The molecule has 3 rings (SSSR count). The van der Waals surface area contributed by atoms with Crippen molar-refractivity contribution in [1.82, 2.24) is 4.90 Å². The van der Waals surface area contributed by atoms with Crippen molar-refractivity contribution in [2.45, 2.75) is 45.1 Å². The van der Waals surface area contributed by atoms with Crippen LogP contribution in [-0.2, 0) is 11.2 Å². The Labute approximate surface area is 148 Å². The van der Waals surface area contributed by atoms with Crippen molar-refractivity contribution in [1.29, 1.82) is 0 Å². The first-order valence-corrected chi connectivity index (χ1v) is 8.82. The van der Waals surface area contributed by atoms with Gasteiger partial charge in [-0.05, 0) is 56.5 Å². The van der Waals surface area contributed by atoms with Gasteiger partial charge in [0.05, 0.1) is 6.04 Å². The summed E-state index contributed by atoms with van der Waals surface area (Å²) in [6.07, 6.45) is 4.66. The highest BCUT2D eigenvalue weighted by Crippen LogP contribution is 2.43. The van der Waals surface area contributed by atoms with Gasteiger partial charge in [-0.2, -0.15) is 0 Å². The van der Waals surface area contributed by atoms with E-state index < -0.39 is 0 Å². The van der Waals surface area contributed by atoms with Gasteiger partial charge >= 0.3 is 0 Å². The third-order valence-corrected chi connectivity index (χ3v) is 5.40. The minimum Gasteiger partial charge on any atom is -0.507 e. The number of phenols is 2. The fourth-order valence-corrected chi connectivity index (χ4v) is 3.97. The second kappa shape index (κ2) is 6.90. The van der Waals surface area contributed by atoms with Crippen molar-refractivity contribution in [2.24, 2.45) is 10.9 Å². The van der Waals surface area contributed by atoms with Crippen LogP contribution in [0.3, 0.4) is 0 Å². The number of allylic oxidation sites excluding steroid dienone is 1. The van der Waals surface area contributed by atoms with Crippen molar-refractivity contribution in [2.75, 3.05) is 13.1 Å². The maximum Gasteiger partial charge on any atom is 0.219 e. The molecule has 0 aromatic heterocycles. The standard InChI is InChI=1S/C20H26N2O3/c1-12-4-5-17(21-3)16(6-12)20-18(24)8-14(9-19(20)25)7-15-10-22(11-15)13(2)23/h6,8-9,15-17,24-25H,3-5,7,10-11H2,1-2H3/t16-,17-/m1/s1. The van der Waals surface area contributed by atoms with E-state index >= 15 is 0 Å². The van der Waals surface area contributed by atoms with Gasteiger partial charge in [-0.15, -0.1) is 0 Å². The van der Waals surface area contributed by atoms with Gasteiger partial charge < -0.3 is 15.1 Å². The molecule has 0 radical (unpaired) electrons. The molecule has 2 N–H and O–H groups in total. The molecule has 0 spiro atoms. The fourth-order valence-electron chi connectivity index (χ4n) is 3.97. The maximum atomic E-state index is 11.3. The number of carbonyl (C=O) groups is 1. The molecule has 5 heteroatoms. The lowest BCUT2D eigenvalue weighted by Crippen LogP contribution is -2.49. The van der Waals surface area contributed by atoms with Crippen LogP contribution in [0.5, 0.6) is 11.5 Å². The summed E-state index contributed by atoms with van der Waals surface area (Å²) >= 11 is 0. The first-order chi connectivity index (χ1) is 11.9. The van der Waals surface area contributed by atoms with E-state index in [0.717, 1.165) is 37.9 Å². The molecular formula is C20H26N2O3. The van der Waals surface area contributed by atoms with Crippen LogP contribution in [0.1, 0.15) is 43.7 Å². The summed E-state index contributed by atoms with van der Waals surface area (Å²) in [6, 6.07) is 3.45. The number of likely N-dealkylation sites (tertiary alicyclic amines) is 1. The molecule has 1 saturated heterocycles. The van der Waals surface area contributed by atoms with Crippen molar-refractivity contribution in [3.05, 3.63) is 34.9 Å². The molecule has 2 aliphatic rings. The molecule has 1 aromatic carbocycles. The van der Waals surface area contributed by atoms with Crippen LogP contribution in [0.4, 0.5) is 0 Å². The molecule has 1 aliphatic carbocycles. The number of nitrogens with zero attached hydrogens (tertiary/aromatic N) is 2. The van der Waals surface area contributed by atoms with Crippen LogP contribution >= 0.6 is 0 Å². The zero-order valence-electron chi connectivity index (χ0n) is 14.9. The zero-order chi connectivity index (χ0) is 18.1. The van der Waals surface area contributed by atoms with Gasteiger partial charge in [0.15, 0.2) is 0 Å². The Hall–Kier alpha value is -2.30. The van der Waals surface area contributed by atoms with Gasteiger partial charge in [-0.3, -0.25) is 9.79 Å². The van der Waals surface area contributed by atoms with E-state index in [9.17, 15) is 15.0 Å². The molecule has 1 heterocycles. The quantitative estimate of drug-likeness (QED) is 0.652. The summed E-state index contributed by atoms with van der Waals surface area (Å²) in [6.45, 7) is 8.79. The van der Waals surface area contributed by atoms with Crippen LogP contribution in [0.2, 0.25) is 0 Å². The monoisotopic (exact) mass is 342 g/mol. The lowest BCUT2D eigenvalue weighted by atomic mass is 9.80. The molecule has 1 aromatic rings. The Morgan fingerprint density at radius 2 is 1.96 bits per heavy atom. The second-order valence-corrected chi connectivity index (χ2v) is 7.37. The molecule has 1 fully saturated rings. The summed E-state index contributed by atoms with van der Waals surface area (Å²) in [7, 11) is 0. The number of rotatable bonds is 4. The topological polar surface area (TPSA) is 73.1 Å². The number of hydrogen-bond donors (Lipinski definition) is 2. The van der Waals surface area contributed by atoms with E-state index in [2.05, 4.69) is 24.7 Å². The first kappa shape index (κ1) is 17.5. The molecule has 25 heavy (non-hydrogen) atoms. The molecule has 0 saturated carbocycles. The van der Waals surface area contributed by atoms with Crippen molar-refractivity contribution >= 4 is 12.6 Å². The van der Waals surface area contributed by atoms with Gasteiger partial charge in [0.25, 0.3) is 0 Å². The Kier molecular flexibility index (Phi) is 4.84. The van der Waals surface area contributed by atoms with Crippen molar-refractivity contribution in [3.8, 4) is 11.5 Å². The maximum absolute atomic E-state index is 11.3. The third-order valence-electron chi connectivity index (χ3n) is 5.40. The number of aliphatic imine (C=N–C) groups is 1. The average molecular weight is 342 g/mol. The molecule has 0 unspecified atom stereocenters. The van der Waals surface area contributed by atoms with E-state index in [0.29, 0.717) is 11.5 Å². The zero-order valence-corrected chi connectivity index (χ0v) is 14.9. The van der Waals surface area contributed by atoms with Gasteiger partial charge in [0.1, 0.15) is 11.5 Å². The highest BCUT2D eigenvalue weighted by Gasteiger charge is 2.31. The number of hydrogen-bond acceptors (Lipinski definition) is 4. The van der Waals surface area contributed by atoms with E-state index in [1.807, 2.05) is 0 Å². The van der Waals surface area contributed by atoms with Crippen LogP contribution in [-0.4, -0.2) is 46.9 Å². The van der Waals surface area contributed by atoms with E-state index in [1.165, 1.54) is 5.57 Å². The third kappa shape index (κ3) is 3.55. The molecule has 5 nitrogen and oxygen atoms in total. The molecule has 0 bridgehead atoms. The molecule has 1 amide bonds. The first-order valence-electron chi connectivity index (χ1n) is 8.82. The predicted molar refractivity (Wildman–Crippen MR) is 98.3 cm³/mol. The summed E-state index contributed by atoms with van der Waals surface area (Å²) in [5.74, 6) is 0.564. The van der Waals surface area contributed by atoms with Crippen molar-refractivity contribution < 1.29 is 15.0 Å². The van der Waals surface area contributed by atoms with Gasteiger partial charge in [-0.25, -0.2) is 0 Å². The molecule has 134 valence electrons. The largest absolute Gasteiger partial charge is 0.507 e. The van der Waals surface area contributed by atoms with Crippen LogP contribution in [0.15, 0.2) is 28.8 Å². The van der Waals surface area contributed by atoms with Crippen LogP contribution < -0.4 is 0 Å². The Morgan fingerprint density at radius 3 is 2.52 bits per heavy atom. The Morgan fingerprint density at radius 1 is 1.32 bits per heavy atom. The minimum atomic E-state index is -0.141. The van der Waals surface area contributed by atoms with E-state index in [-0.39, 0.29) is 29.4 Å². The predicted octanol–water partition coefficient (Wildman–Crippen LogP) is 3.01. The Balaban J connectivity index is 1.80. The average Bonchev–Trinajstić information content (AvgIpc) is 2.49. The Bertz CT molecular complexity index is 697. The lowest BCUT2D eigenvalue weighted by molar-refractivity contribution is -0.134. The van der Waals surface area contributed by atoms with Gasteiger partial charge in [0.2, 0.25) is 5.91 Å². The number of carbonyl (C=O) groups excluding carboxylic acids is 1. The highest BCUT2D eigenvalue weighted by molar-refractivity contribution is 5.74.